The van der Waals surface area contributed by atoms with Crippen molar-refractivity contribution in [1.82, 2.24) is 14.1 Å². The van der Waals surface area contributed by atoms with E-state index >= 15 is 0 Å². The Kier molecular flexibility index (Phi) is 13.4. The highest BCUT2D eigenvalue weighted by molar-refractivity contribution is 5.27. The van der Waals surface area contributed by atoms with Crippen LogP contribution >= 0.6 is 0 Å². The van der Waals surface area contributed by atoms with Crippen molar-refractivity contribution < 1.29 is 18.8 Å². The molecule has 0 saturated heterocycles. The van der Waals surface area contributed by atoms with Gasteiger partial charge in [0.05, 0.1) is 19.5 Å². The average molecular weight is 546 g/mol. The van der Waals surface area contributed by atoms with E-state index in [4.69, 9.17) is 14.2 Å². The molecule has 2 aromatic heterocycles. The number of imidazole rings is 2. The lowest BCUT2D eigenvalue weighted by Gasteiger charge is -2.20. The highest BCUT2D eigenvalue weighted by atomic mass is 16.8. The van der Waals surface area contributed by atoms with Crippen molar-refractivity contribution in [2.45, 2.75) is 73.9 Å². The second-order valence-corrected chi connectivity index (χ2v) is 9.59. The molecule has 2 heterocycles. The summed E-state index contributed by atoms with van der Waals surface area (Å²) in [7, 11) is 0. The number of rotatable bonds is 15. The van der Waals surface area contributed by atoms with Crippen molar-refractivity contribution in [3.8, 4) is 0 Å². The van der Waals surface area contributed by atoms with E-state index in [1.165, 1.54) is 11.1 Å². The van der Waals surface area contributed by atoms with Gasteiger partial charge in [-0.25, -0.2) is 14.1 Å². The van der Waals surface area contributed by atoms with Crippen LogP contribution in [0.3, 0.4) is 0 Å². The van der Waals surface area contributed by atoms with Crippen LogP contribution in [0.25, 0.3) is 0 Å². The normalized spacial score (nSPS) is 12.1. The second-order valence-electron chi connectivity index (χ2n) is 9.59. The van der Waals surface area contributed by atoms with Crippen molar-refractivity contribution in [2.24, 2.45) is 5.92 Å². The predicted octanol–water partition coefficient (Wildman–Crippen LogP) is 6.36. The summed E-state index contributed by atoms with van der Waals surface area (Å²) < 4.78 is 24.4. The Bertz CT molecular complexity index is 1260. The van der Waals surface area contributed by atoms with Crippen molar-refractivity contribution in [3.63, 3.8) is 0 Å². The van der Waals surface area contributed by atoms with Crippen LogP contribution in [0.1, 0.15) is 56.9 Å². The molecule has 1 atom stereocenters. The molecule has 0 aliphatic heterocycles. The van der Waals surface area contributed by atoms with Crippen LogP contribution in [-0.2, 0) is 47.1 Å². The summed E-state index contributed by atoms with van der Waals surface area (Å²) in [4.78, 5) is 4.14. The van der Waals surface area contributed by atoms with Gasteiger partial charge in [0, 0.05) is 25.5 Å². The Morgan fingerprint density at radius 3 is 2.12 bits per heavy atom. The van der Waals surface area contributed by atoms with Gasteiger partial charge in [-0.2, -0.15) is 0 Å². The molecule has 214 valence electrons. The molecule has 1 unspecified atom stereocenters. The largest absolute Gasteiger partial charge is 0.333 e. The van der Waals surface area contributed by atoms with Crippen molar-refractivity contribution in [3.05, 3.63) is 120 Å². The standard InChI is InChI=1S/C31H39N4O3.C2H6/c1-4-36-31(37-22-29-13-7-5-11-27(29)20-34-17-15-32-24-34)38-23-30-14-8-6-12-28(30)21-35-19-18-33(25-35)16-9-10-26(2)3;1-2/h5-15,17-19,24-26,31H,4,16,20-23H2,1-3H3;1-2H3/q+1;/b10-9+;. The van der Waals surface area contributed by atoms with Gasteiger partial charge in [-0.15, -0.1) is 0 Å². The first-order chi connectivity index (χ1) is 19.6. The molecule has 0 N–H and O–H groups in total. The summed E-state index contributed by atoms with van der Waals surface area (Å²) in [6.45, 7) is 13.2. The average Bonchev–Trinajstić information content (AvgIpc) is 3.65. The van der Waals surface area contributed by atoms with Crippen LogP contribution in [0, 0.1) is 5.92 Å². The zero-order valence-corrected chi connectivity index (χ0v) is 24.6. The summed E-state index contributed by atoms with van der Waals surface area (Å²) in [5, 5.41) is 0. The molecule has 0 amide bonds. The van der Waals surface area contributed by atoms with Gasteiger partial charge in [0.2, 0.25) is 6.33 Å². The van der Waals surface area contributed by atoms with E-state index in [2.05, 4.69) is 89.2 Å². The molecule has 7 heteroatoms. The molecule has 0 radical (unpaired) electrons. The molecule has 0 aliphatic rings. The smallest absolute Gasteiger partial charge is 0.272 e. The van der Waals surface area contributed by atoms with E-state index in [0.717, 1.165) is 30.8 Å². The fourth-order valence-electron chi connectivity index (χ4n) is 4.17. The zero-order valence-electron chi connectivity index (χ0n) is 24.6. The quantitative estimate of drug-likeness (QED) is 0.0991. The minimum absolute atomic E-state index is 0.395. The van der Waals surface area contributed by atoms with Crippen LogP contribution in [0.15, 0.2) is 98.1 Å². The van der Waals surface area contributed by atoms with Gasteiger partial charge in [-0.3, -0.25) is 0 Å². The van der Waals surface area contributed by atoms with Gasteiger partial charge in [-0.05, 0) is 41.2 Å². The fourth-order valence-corrected chi connectivity index (χ4v) is 4.17. The molecule has 0 spiro atoms. The molecule has 4 rings (SSSR count). The highest BCUT2D eigenvalue weighted by Crippen LogP contribution is 2.16. The van der Waals surface area contributed by atoms with Crippen LogP contribution in [-0.4, -0.2) is 27.2 Å². The minimum atomic E-state index is -0.754. The van der Waals surface area contributed by atoms with Crippen LogP contribution < -0.4 is 4.57 Å². The molecule has 0 fully saturated rings. The third kappa shape index (κ3) is 10.2. The molecule has 4 aromatic rings. The number of hydrogen-bond donors (Lipinski definition) is 0. The van der Waals surface area contributed by atoms with Crippen molar-refractivity contribution in [2.75, 3.05) is 6.61 Å². The summed E-state index contributed by atoms with van der Waals surface area (Å²) in [6.07, 6.45) is 16.3. The molecular formula is C33H45N4O3+. The third-order valence-corrected chi connectivity index (χ3v) is 6.14. The first-order valence-electron chi connectivity index (χ1n) is 14.3. The fraction of sp³-hybridized carbons (Fsp3) is 0.394. The number of benzene rings is 2. The highest BCUT2D eigenvalue weighted by Gasteiger charge is 2.14. The minimum Gasteiger partial charge on any atom is -0.333 e. The lowest BCUT2D eigenvalue weighted by atomic mass is 10.1. The van der Waals surface area contributed by atoms with Gasteiger partial charge in [0.1, 0.15) is 25.5 Å². The Morgan fingerprint density at radius 2 is 1.50 bits per heavy atom. The molecular weight excluding hydrogens is 500 g/mol. The molecule has 0 bridgehead atoms. The number of ether oxygens (including phenoxy) is 3. The van der Waals surface area contributed by atoms with E-state index < -0.39 is 6.48 Å². The van der Waals surface area contributed by atoms with E-state index in [0.29, 0.717) is 25.7 Å². The number of aromatic nitrogens is 4. The van der Waals surface area contributed by atoms with Gasteiger partial charge < -0.3 is 18.8 Å². The zero-order chi connectivity index (χ0) is 28.6. The third-order valence-electron chi connectivity index (χ3n) is 6.14. The summed E-state index contributed by atoms with van der Waals surface area (Å²) in [5.41, 5.74) is 4.59. The lowest BCUT2D eigenvalue weighted by Crippen LogP contribution is -2.32. The van der Waals surface area contributed by atoms with Gasteiger partial charge in [-0.1, -0.05) is 82.3 Å². The van der Waals surface area contributed by atoms with Crippen LogP contribution in [0.2, 0.25) is 0 Å². The molecule has 0 saturated carbocycles. The lowest BCUT2D eigenvalue weighted by molar-refractivity contribution is -0.687. The second kappa shape index (κ2) is 17.2. The predicted molar refractivity (Wildman–Crippen MR) is 158 cm³/mol. The monoisotopic (exact) mass is 545 g/mol. The van der Waals surface area contributed by atoms with Crippen molar-refractivity contribution in [1.29, 1.82) is 0 Å². The molecule has 0 aliphatic carbocycles. The van der Waals surface area contributed by atoms with Gasteiger partial charge in [0.15, 0.2) is 0 Å². The van der Waals surface area contributed by atoms with Gasteiger partial charge in [0.25, 0.3) is 6.48 Å². The first-order valence-corrected chi connectivity index (χ1v) is 14.3. The number of hydrogen-bond acceptors (Lipinski definition) is 4. The molecule has 2 aromatic carbocycles. The number of nitrogens with zero attached hydrogens (tertiary/aromatic N) is 4. The maximum atomic E-state index is 6.11. The van der Waals surface area contributed by atoms with Crippen LogP contribution in [0.4, 0.5) is 0 Å². The Hall–Kier alpha value is -3.52. The van der Waals surface area contributed by atoms with E-state index in [1.807, 2.05) is 56.1 Å². The van der Waals surface area contributed by atoms with Gasteiger partial charge >= 0.3 is 0 Å². The molecule has 40 heavy (non-hydrogen) atoms. The Morgan fingerprint density at radius 1 is 0.850 bits per heavy atom. The summed E-state index contributed by atoms with van der Waals surface area (Å²) >= 11 is 0. The number of allylic oxidation sites excluding steroid dienone is 2. The van der Waals surface area contributed by atoms with E-state index in [9.17, 15) is 0 Å². The maximum absolute atomic E-state index is 6.11. The maximum Gasteiger partial charge on any atom is 0.272 e. The van der Waals surface area contributed by atoms with Crippen molar-refractivity contribution >= 4 is 0 Å². The van der Waals surface area contributed by atoms with Crippen LogP contribution in [0.5, 0.6) is 0 Å². The summed E-state index contributed by atoms with van der Waals surface area (Å²) in [5.74, 6) is 0.561. The van der Waals surface area contributed by atoms with E-state index in [1.54, 1.807) is 6.20 Å². The Balaban J connectivity index is 0.00000216. The molecule has 7 nitrogen and oxygen atoms in total. The Labute approximate surface area is 239 Å². The summed E-state index contributed by atoms with van der Waals surface area (Å²) in [6, 6.07) is 16.6. The topological polar surface area (TPSA) is 54.3 Å². The SMILES string of the molecule is CC.CCOC(OCc1ccccc1Cn1ccnc1)OCc1ccccc1C[n+]1ccn(C/C=C/C(C)C)c1. The first kappa shape index (κ1) is 31.0. The van der Waals surface area contributed by atoms with E-state index in [-0.39, 0.29) is 0 Å².